The van der Waals surface area contributed by atoms with Crippen molar-refractivity contribution in [2.45, 2.75) is 19.4 Å². The van der Waals surface area contributed by atoms with Gasteiger partial charge >= 0.3 is 5.97 Å². The summed E-state index contributed by atoms with van der Waals surface area (Å²) in [6.45, 7) is 2.08. The van der Waals surface area contributed by atoms with E-state index < -0.39 is 11.9 Å². The highest BCUT2D eigenvalue weighted by Crippen LogP contribution is 2.43. The number of nitrogens with zero attached hydrogens (tertiary/aromatic N) is 1. The molecule has 1 aliphatic heterocycles. The van der Waals surface area contributed by atoms with Crippen molar-refractivity contribution in [3.8, 4) is 29.1 Å². The molecule has 0 spiro atoms. The number of esters is 1. The molecule has 0 fully saturated rings. The van der Waals surface area contributed by atoms with Gasteiger partial charge in [0.25, 0.3) is 0 Å². The van der Waals surface area contributed by atoms with Gasteiger partial charge in [-0.25, -0.2) is 4.79 Å². The van der Waals surface area contributed by atoms with E-state index in [4.69, 9.17) is 36.3 Å². The number of aryl methyl sites for hydroxylation is 1. The van der Waals surface area contributed by atoms with Gasteiger partial charge in [-0.15, -0.1) is 0 Å². The fourth-order valence-electron chi connectivity index (χ4n) is 4.35. The van der Waals surface area contributed by atoms with Gasteiger partial charge in [-0.05, 0) is 66.1 Å². The lowest BCUT2D eigenvalue weighted by molar-refractivity contribution is -0.136. The fraction of sp³-hybridized carbons (Fsp3) is 0.125. The Bertz CT molecular complexity index is 1610. The molecule has 0 saturated heterocycles. The molecule has 4 aromatic rings. The van der Waals surface area contributed by atoms with Gasteiger partial charge in [0, 0.05) is 16.7 Å². The largest absolute Gasteiger partial charge is 0.489 e. The van der Waals surface area contributed by atoms with Gasteiger partial charge in [0.15, 0.2) is 6.61 Å². The molecule has 8 heteroatoms. The number of halogens is 1. The van der Waals surface area contributed by atoms with E-state index in [0.29, 0.717) is 34.5 Å². The average molecular weight is 553 g/mol. The van der Waals surface area contributed by atoms with E-state index in [-0.39, 0.29) is 18.2 Å². The van der Waals surface area contributed by atoms with Crippen LogP contribution in [-0.4, -0.2) is 12.6 Å². The zero-order chi connectivity index (χ0) is 28.1. The van der Waals surface area contributed by atoms with Crippen LogP contribution in [0.3, 0.4) is 0 Å². The summed E-state index contributed by atoms with van der Waals surface area (Å²) < 4.78 is 22.6. The van der Waals surface area contributed by atoms with Crippen molar-refractivity contribution >= 4 is 17.6 Å². The molecule has 0 saturated carbocycles. The lowest BCUT2D eigenvalue weighted by Crippen LogP contribution is -2.21. The van der Waals surface area contributed by atoms with Crippen molar-refractivity contribution in [3.63, 3.8) is 0 Å². The van der Waals surface area contributed by atoms with Crippen molar-refractivity contribution in [2.75, 3.05) is 6.61 Å². The van der Waals surface area contributed by atoms with Crippen LogP contribution >= 0.6 is 11.6 Å². The number of nitriles is 1. The number of fused-ring (bicyclic) bond motifs is 1. The van der Waals surface area contributed by atoms with E-state index in [1.165, 1.54) is 0 Å². The molecule has 0 amide bonds. The summed E-state index contributed by atoms with van der Waals surface area (Å²) in [5.41, 5.74) is 9.99. The maximum atomic E-state index is 12.4. The van der Waals surface area contributed by atoms with Crippen LogP contribution in [0.4, 0.5) is 0 Å². The number of ether oxygens (including phenoxy) is 4. The minimum atomic E-state index is -0.566. The molecule has 4 aromatic carbocycles. The summed E-state index contributed by atoms with van der Waals surface area (Å²) >= 11 is 5.95. The highest BCUT2D eigenvalue weighted by molar-refractivity contribution is 6.30. The molecular formula is C32H25ClN2O5. The summed E-state index contributed by atoms with van der Waals surface area (Å²) in [4.78, 5) is 12.4. The Morgan fingerprint density at radius 3 is 2.42 bits per heavy atom. The van der Waals surface area contributed by atoms with Crippen molar-refractivity contribution in [1.82, 2.24) is 0 Å². The van der Waals surface area contributed by atoms with E-state index in [9.17, 15) is 10.1 Å². The van der Waals surface area contributed by atoms with Crippen LogP contribution in [0.2, 0.25) is 5.02 Å². The van der Waals surface area contributed by atoms with Crippen molar-refractivity contribution in [3.05, 3.63) is 130 Å². The second-order valence-electron chi connectivity index (χ2n) is 9.19. The summed E-state index contributed by atoms with van der Waals surface area (Å²) in [6, 6.07) is 29.5. The zero-order valence-corrected chi connectivity index (χ0v) is 22.4. The highest BCUT2D eigenvalue weighted by Gasteiger charge is 2.31. The first kappa shape index (κ1) is 26.7. The van der Waals surface area contributed by atoms with Crippen LogP contribution in [-0.2, 0) is 11.4 Å². The average Bonchev–Trinajstić information content (AvgIpc) is 2.95. The number of carbonyl (C=O) groups is 1. The van der Waals surface area contributed by atoms with Crippen LogP contribution < -0.4 is 24.7 Å². The van der Waals surface area contributed by atoms with E-state index >= 15 is 0 Å². The predicted octanol–water partition coefficient (Wildman–Crippen LogP) is 6.43. The van der Waals surface area contributed by atoms with Crippen LogP contribution in [0.1, 0.15) is 28.2 Å². The third kappa shape index (κ3) is 6.20. The van der Waals surface area contributed by atoms with Crippen molar-refractivity contribution in [1.29, 1.82) is 5.26 Å². The number of hydrogen-bond acceptors (Lipinski definition) is 7. The number of carbonyl (C=O) groups excluding carboxylic acids is 1. The molecule has 40 heavy (non-hydrogen) atoms. The molecule has 1 atom stereocenters. The van der Waals surface area contributed by atoms with Crippen LogP contribution in [0.15, 0.2) is 102 Å². The Morgan fingerprint density at radius 1 is 0.950 bits per heavy atom. The number of rotatable bonds is 8. The molecule has 200 valence electrons. The maximum Gasteiger partial charge on any atom is 0.349 e. The smallest absolute Gasteiger partial charge is 0.349 e. The Morgan fingerprint density at radius 2 is 1.70 bits per heavy atom. The zero-order valence-electron chi connectivity index (χ0n) is 21.6. The van der Waals surface area contributed by atoms with E-state index in [0.717, 1.165) is 22.3 Å². The molecule has 1 heterocycles. The molecule has 0 aromatic heterocycles. The van der Waals surface area contributed by atoms with Crippen LogP contribution in [0.25, 0.3) is 0 Å². The monoisotopic (exact) mass is 552 g/mol. The Labute approximate surface area is 236 Å². The summed E-state index contributed by atoms with van der Waals surface area (Å²) in [6.07, 6.45) is 0. The quantitative estimate of drug-likeness (QED) is 0.198. The third-order valence-electron chi connectivity index (χ3n) is 6.30. The molecule has 2 N–H and O–H groups in total. The first-order valence-electron chi connectivity index (χ1n) is 12.5. The Balaban J connectivity index is 1.30. The Hall–Kier alpha value is -4.93. The van der Waals surface area contributed by atoms with E-state index in [1.807, 2.05) is 73.7 Å². The molecular weight excluding hydrogens is 528 g/mol. The highest BCUT2D eigenvalue weighted by atomic mass is 35.5. The standard InChI is InChI=1S/C32H25ClN2O5/c1-20-3-2-4-25(15-20)38-19-30(36)39-26-13-14-27-29(16-26)40-32(35)28(17-34)31(27)22-7-11-24(12-8-22)37-18-21-5-9-23(33)10-6-21/h2-16,31H,18-19,35H2,1H3. The number of nitrogens with two attached hydrogens (primary N) is 1. The topological polar surface area (TPSA) is 104 Å². The molecule has 1 aliphatic rings. The second-order valence-corrected chi connectivity index (χ2v) is 9.62. The lowest BCUT2D eigenvalue weighted by atomic mass is 9.83. The molecule has 7 nitrogen and oxygen atoms in total. The first-order valence-corrected chi connectivity index (χ1v) is 12.9. The number of hydrogen-bond donors (Lipinski definition) is 1. The molecule has 1 unspecified atom stereocenters. The normalized spacial score (nSPS) is 14.0. The Kier molecular flexibility index (Phi) is 7.90. The second kappa shape index (κ2) is 11.9. The van der Waals surface area contributed by atoms with Gasteiger partial charge in [-0.1, -0.05) is 54.1 Å². The maximum absolute atomic E-state index is 12.4. The fourth-order valence-corrected chi connectivity index (χ4v) is 4.48. The van der Waals surface area contributed by atoms with E-state index in [2.05, 4.69) is 6.07 Å². The number of allylic oxidation sites excluding steroid dienone is 1. The lowest BCUT2D eigenvalue weighted by Gasteiger charge is -2.26. The SMILES string of the molecule is Cc1cccc(OCC(=O)Oc2ccc3c(c2)OC(N)=C(C#N)C3c2ccc(OCc3ccc(Cl)cc3)cc2)c1. The minimum absolute atomic E-state index is 0.00526. The van der Waals surface area contributed by atoms with Gasteiger partial charge in [0.2, 0.25) is 5.88 Å². The molecule has 5 rings (SSSR count). The van der Waals surface area contributed by atoms with Crippen LogP contribution in [0.5, 0.6) is 23.0 Å². The molecule has 0 bridgehead atoms. The van der Waals surface area contributed by atoms with E-state index in [1.54, 1.807) is 24.3 Å². The van der Waals surface area contributed by atoms with Gasteiger partial charge in [0.1, 0.15) is 41.2 Å². The van der Waals surface area contributed by atoms with Gasteiger partial charge in [-0.3, -0.25) is 0 Å². The van der Waals surface area contributed by atoms with Gasteiger partial charge < -0.3 is 24.7 Å². The van der Waals surface area contributed by atoms with Gasteiger partial charge in [0.05, 0.1) is 5.92 Å². The third-order valence-corrected chi connectivity index (χ3v) is 6.55. The molecule has 0 radical (unpaired) electrons. The predicted molar refractivity (Wildman–Crippen MR) is 150 cm³/mol. The molecule has 0 aliphatic carbocycles. The van der Waals surface area contributed by atoms with Crippen molar-refractivity contribution in [2.24, 2.45) is 5.73 Å². The minimum Gasteiger partial charge on any atom is -0.489 e. The summed E-state index contributed by atoms with van der Waals surface area (Å²) in [5, 5.41) is 10.5. The van der Waals surface area contributed by atoms with Crippen molar-refractivity contribution < 1.29 is 23.7 Å². The van der Waals surface area contributed by atoms with Gasteiger partial charge in [-0.2, -0.15) is 5.26 Å². The summed E-state index contributed by atoms with van der Waals surface area (Å²) in [5.74, 6) is 0.893. The number of benzene rings is 4. The van der Waals surface area contributed by atoms with Crippen LogP contribution in [0, 0.1) is 18.3 Å². The summed E-state index contributed by atoms with van der Waals surface area (Å²) in [7, 11) is 0. The first-order chi connectivity index (χ1) is 19.4.